The van der Waals surface area contributed by atoms with Gasteiger partial charge in [0.2, 0.25) is 5.88 Å². The second kappa shape index (κ2) is 8.29. The van der Waals surface area contributed by atoms with Crippen LogP contribution in [0.5, 0.6) is 11.6 Å². The lowest BCUT2D eigenvalue weighted by molar-refractivity contribution is 0.451. The maximum absolute atomic E-state index is 13.2. The Balaban J connectivity index is 2.02. The number of rotatable bonds is 6. The van der Waals surface area contributed by atoms with E-state index in [1.54, 1.807) is 18.3 Å². The van der Waals surface area contributed by atoms with Crippen LogP contribution in [0.1, 0.15) is 18.9 Å². The van der Waals surface area contributed by atoms with Crippen molar-refractivity contribution in [2.45, 2.75) is 19.9 Å². The molecule has 1 aromatic heterocycles. The second-order valence-corrected chi connectivity index (χ2v) is 5.04. The molecule has 1 heterocycles. The zero-order chi connectivity index (χ0) is 15.8. The molecule has 0 unspecified atom stereocenters. The Morgan fingerprint density at radius 1 is 1.27 bits per heavy atom. The molecule has 1 aromatic carbocycles. The number of nitrogens with one attached hydrogen (secondary N) is 2. The zero-order valence-electron chi connectivity index (χ0n) is 12.3. The number of thiocarbonyl (C=S) groups is 1. The van der Waals surface area contributed by atoms with Crippen LogP contribution in [0, 0.1) is 5.82 Å². The lowest BCUT2D eigenvalue weighted by Gasteiger charge is -2.12. The highest BCUT2D eigenvalue weighted by Crippen LogP contribution is 2.23. The van der Waals surface area contributed by atoms with Crippen LogP contribution in [0.3, 0.4) is 0 Å². The van der Waals surface area contributed by atoms with Crippen LogP contribution in [-0.2, 0) is 6.54 Å². The molecule has 2 aromatic rings. The summed E-state index contributed by atoms with van der Waals surface area (Å²) in [4.78, 5) is 4.20. The van der Waals surface area contributed by atoms with Crippen molar-refractivity contribution in [3.05, 3.63) is 54.0 Å². The summed E-state index contributed by atoms with van der Waals surface area (Å²) in [7, 11) is 0. The van der Waals surface area contributed by atoms with Crippen LogP contribution < -0.4 is 15.4 Å². The smallest absolute Gasteiger partial charge is 0.224 e. The summed E-state index contributed by atoms with van der Waals surface area (Å²) in [6.07, 6.45) is 2.63. The minimum absolute atomic E-state index is 0.349. The SMILES string of the molecule is CCCNC(=S)NCc1cccnc1Oc1cccc(F)c1. The first-order valence-electron chi connectivity index (χ1n) is 7.08. The summed E-state index contributed by atoms with van der Waals surface area (Å²) in [5.74, 6) is 0.489. The summed E-state index contributed by atoms with van der Waals surface area (Å²) in [5.41, 5.74) is 0.840. The molecule has 0 bridgehead atoms. The minimum atomic E-state index is -0.349. The highest BCUT2D eigenvalue weighted by Gasteiger charge is 2.07. The predicted molar refractivity (Wildman–Crippen MR) is 88.4 cm³/mol. The Hall–Kier alpha value is -2.21. The molecule has 22 heavy (non-hydrogen) atoms. The highest BCUT2D eigenvalue weighted by molar-refractivity contribution is 7.80. The van der Waals surface area contributed by atoms with E-state index in [1.165, 1.54) is 12.1 Å². The number of nitrogens with zero attached hydrogens (tertiary/aromatic N) is 1. The van der Waals surface area contributed by atoms with Gasteiger partial charge in [-0.25, -0.2) is 9.37 Å². The van der Waals surface area contributed by atoms with Crippen molar-refractivity contribution in [3.63, 3.8) is 0 Å². The monoisotopic (exact) mass is 319 g/mol. The number of benzene rings is 1. The quantitative estimate of drug-likeness (QED) is 0.799. The van der Waals surface area contributed by atoms with Gasteiger partial charge in [0.15, 0.2) is 5.11 Å². The fourth-order valence-electron chi connectivity index (χ4n) is 1.77. The lowest BCUT2D eigenvalue weighted by Crippen LogP contribution is -2.35. The molecule has 0 fully saturated rings. The van der Waals surface area contributed by atoms with E-state index < -0.39 is 0 Å². The van der Waals surface area contributed by atoms with Gasteiger partial charge in [-0.1, -0.05) is 19.1 Å². The van der Waals surface area contributed by atoms with Crippen LogP contribution in [0.25, 0.3) is 0 Å². The van der Waals surface area contributed by atoms with Gasteiger partial charge in [0.1, 0.15) is 11.6 Å². The first-order chi connectivity index (χ1) is 10.7. The van der Waals surface area contributed by atoms with Gasteiger partial charge in [-0.2, -0.15) is 0 Å². The van der Waals surface area contributed by atoms with Crippen molar-refractivity contribution in [3.8, 4) is 11.6 Å². The molecule has 4 nitrogen and oxygen atoms in total. The standard InChI is InChI=1S/C16H18FN3OS/c1-2-8-19-16(22)20-11-12-5-4-9-18-15(12)21-14-7-3-6-13(17)10-14/h3-7,9-10H,2,8,11H2,1H3,(H2,19,20,22). The molecule has 0 aliphatic carbocycles. The maximum Gasteiger partial charge on any atom is 0.224 e. The zero-order valence-corrected chi connectivity index (χ0v) is 13.1. The van der Waals surface area contributed by atoms with Crippen LogP contribution >= 0.6 is 12.2 Å². The molecule has 0 aliphatic heterocycles. The van der Waals surface area contributed by atoms with Crippen LogP contribution in [-0.4, -0.2) is 16.6 Å². The Bertz CT molecular complexity index is 636. The van der Waals surface area contributed by atoms with E-state index in [9.17, 15) is 4.39 Å². The van der Waals surface area contributed by atoms with Gasteiger partial charge in [0.05, 0.1) is 0 Å². The molecule has 0 saturated heterocycles. The normalized spacial score (nSPS) is 10.1. The number of pyridine rings is 1. The fourth-order valence-corrected chi connectivity index (χ4v) is 1.94. The van der Waals surface area contributed by atoms with E-state index in [4.69, 9.17) is 17.0 Å². The third kappa shape index (κ3) is 4.96. The van der Waals surface area contributed by atoms with Crippen molar-refractivity contribution >= 4 is 17.3 Å². The number of hydrogen-bond donors (Lipinski definition) is 2. The topological polar surface area (TPSA) is 46.2 Å². The molecule has 0 radical (unpaired) electrons. The van der Waals surface area contributed by atoms with Crippen molar-refractivity contribution in [1.82, 2.24) is 15.6 Å². The van der Waals surface area contributed by atoms with E-state index >= 15 is 0 Å². The number of ether oxygens (including phenoxy) is 1. The predicted octanol–water partition coefficient (Wildman–Crippen LogP) is 3.39. The molecule has 0 saturated carbocycles. The summed E-state index contributed by atoms with van der Waals surface area (Å²) in [6, 6.07) is 9.66. The van der Waals surface area contributed by atoms with Gasteiger partial charge < -0.3 is 15.4 Å². The van der Waals surface area contributed by atoms with E-state index in [0.717, 1.165) is 18.5 Å². The maximum atomic E-state index is 13.2. The molecule has 0 aliphatic rings. The fraction of sp³-hybridized carbons (Fsp3) is 0.250. The van der Waals surface area contributed by atoms with E-state index in [-0.39, 0.29) is 5.82 Å². The Morgan fingerprint density at radius 3 is 2.91 bits per heavy atom. The first kappa shape index (κ1) is 16.2. The molecule has 6 heteroatoms. The van der Waals surface area contributed by atoms with Gasteiger partial charge in [-0.3, -0.25) is 0 Å². The molecule has 0 amide bonds. The first-order valence-corrected chi connectivity index (χ1v) is 7.49. The second-order valence-electron chi connectivity index (χ2n) is 4.64. The van der Waals surface area contributed by atoms with E-state index in [0.29, 0.717) is 23.3 Å². The third-order valence-electron chi connectivity index (χ3n) is 2.84. The van der Waals surface area contributed by atoms with Crippen LogP contribution in [0.4, 0.5) is 4.39 Å². The molecule has 0 spiro atoms. The average Bonchev–Trinajstić information content (AvgIpc) is 2.52. The highest BCUT2D eigenvalue weighted by atomic mass is 32.1. The van der Waals surface area contributed by atoms with Gasteiger partial charge in [-0.05, 0) is 36.8 Å². The third-order valence-corrected chi connectivity index (χ3v) is 3.12. The van der Waals surface area contributed by atoms with Gasteiger partial charge in [-0.15, -0.1) is 0 Å². The molecule has 2 N–H and O–H groups in total. The Kier molecular flexibility index (Phi) is 6.09. The van der Waals surface area contributed by atoms with Crippen LogP contribution in [0.2, 0.25) is 0 Å². The number of halogens is 1. The summed E-state index contributed by atoms with van der Waals surface area (Å²) in [6.45, 7) is 3.38. The molecular weight excluding hydrogens is 301 g/mol. The van der Waals surface area contributed by atoms with E-state index in [2.05, 4.69) is 22.5 Å². The van der Waals surface area contributed by atoms with Crippen molar-refractivity contribution in [1.29, 1.82) is 0 Å². The minimum Gasteiger partial charge on any atom is -0.439 e. The van der Waals surface area contributed by atoms with Gasteiger partial charge >= 0.3 is 0 Å². The van der Waals surface area contributed by atoms with Gasteiger partial charge in [0.25, 0.3) is 0 Å². The molecular formula is C16H18FN3OS. The van der Waals surface area contributed by atoms with Crippen molar-refractivity contribution in [2.24, 2.45) is 0 Å². The molecule has 116 valence electrons. The van der Waals surface area contributed by atoms with Crippen molar-refractivity contribution in [2.75, 3.05) is 6.54 Å². The Morgan fingerprint density at radius 2 is 2.14 bits per heavy atom. The summed E-state index contributed by atoms with van der Waals surface area (Å²) >= 11 is 5.18. The average molecular weight is 319 g/mol. The Labute approximate surface area is 134 Å². The number of hydrogen-bond acceptors (Lipinski definition) is 3. The summed E-state index contributed by atoms with van der Waals surface area (Å²) in [5, 5.41) is 6.77. The van der Waals surface area contributed by atoms with Crippen molar-refractivity contribution < 1.29 is 9.13 Å². The number of aromatic nitrogens is 1. The largest absolute Gasteiger partial charge is 0.439 e. The lowest BCUT2D eigenvalue weighted by atomic mass is 10.2. The summed E-state index contributed by atoms with van der Waals surface area (Å²) < 4.78 is 18.9. The van der Waals surface area contributed by atoms with Gasteiger partial charge in [0, 0.05) is 30.9 Å². The molecule has 2 rings (SSSR count). The van der Waals surface area contributed by atoms with E-state index in [1.807, 2.05) is 12.1 Å². The van der Waals surface area contributed by atoms with Crippen LogP contribution in [0.15, 0.2) is 42.6 Å². The molecule has 0 atom stereocenters.